The van der Waals surface area contributed by atoms with Crippen LogP contribution in [0.4, 0.5) is 0 Å². The van der Waals surface area contributed by atoms with Crippen LogP contribution in [-0.4, -0.2) is 34.8 Å². The molecule has 1 aromatic heterocycles. The molecule has 0 bridgehead atoms. The number of carbonyl (C=O) groups is 2. The highest BCUT2D eigenvalue weighted by Crippen LogP contribution is 2.16. The number of aliphatic carboxylic acids is 1. The summed E-state index contributed by atoms with van der Waals surface area (Å²) in [7, 11) is 0. The Morgan fingerprint density at radius 2 is 2.20 bits per heavy atom. The monoisotopic (exact) mass is 296 g/mol. The summed E-state index contributed by atoms with van der Waals surface area (Å²) in [6, 6.07) is 3.49. The number of carboxylic acid groups (broad SMARTS) is 1. The number of carbonyl (C=O) groups excluding carboxylic acids is 1. The van der Waals surface area contributed by atoms with Crippen LogP contribution >= 0.6 is 11.8 Å². The second kappa shape index (κ2) is 8.58. The van der Waals surface area contributed by atoms with Crippen LogP contribution < -0.4 is 5.32 Å². The third kappa shape index (κ3) is 5.61. The van der Waals surface area contributed by atoms with E-state index in [0.29, 0.717) is 23.6 Å². The van der Waals surface area contributed by atoms with Crippen LogP contribution in [0.3, 0.4) is 0 Å². The molecule has 0 aromatic carbocycles. The Kier molecular flexibility index (Phi) is 7.08. The highest BCUT2D eigenvalue weighted by molar-refractivity contribution is 7.98. The minimum atomic E-state index is -0.777. The molecule has 1 atom stereocenters. The Bertz CT molecular complexity index is 465. The fraction of sp³-hybridized carbons (Fsp3) is 0.500. The Hall–Kier alpha value is -1.56. The van der Waals surface area contributed by atoms with Gasteiger partial charge in [0, 0.05) is 19.2 Å². The molecule has 5 nitrogen and oxygen atoms in total. The van der Waals surface area contributed by atoms with Gasteiger partial charge in [-0.3, -0.25) is 9.59 Å². The number of pyridine rings is 1. The summed E-state index contributed by atoms with van der Waals surface area (Å²) < 4.78 is 0. The zero-order valence-electron chi connectivity index (χ0n) is 11.8. The molecule has 20 heavy (non-hydrogen) atoms. The second-order valence-electron chi connectivity index (χ2n) is 4.64. The fourth-order valence-corrected chi connectivity index (χ4v) is 2.31. The summed E-state index contributed by atoms with van der Waals surface area (Å²) in [6.45, 7) is 2.54. The molecule has 1 heterocycles. The van der Waals surface area contributed by atoms with E-state index in [2.05, 4.69) is 10.3 Å². The third-order valence-corrected chi connectivity index (χ3v) is 3.69. The first-order chi connectivity index (χ1) is 9.54. The standard InChI is InChI=1S/C14H20N2O3S/c1-10(5-6-12(17)18)7-9-15-13(19)11-4-3-8-16-14(11)20-2/h3-4,8,10H,5-7,9H2,1-2H3,(H,15,19)(H,17,18). The molecule has 1 amide bonds. The van der Waals surface area contributed by atoms with E-state index in [0.717, 1.165) is 6.42 Å². The van der Waals surface area contributed by atoms with Gasteiger partial charge in [-0.05, 0) is 37.1 Å². The van der Waals surface area contributed by atoms with Crippen molar-refractivity contribution in [3.05, 3.63) is 23.9 Å². The van der Waals surface area contributed by atoms with E-state index in [4.69, 9.17) is 5.11 Å². The van der Waals surface area contributed by atoms with Gasteiger partial charge < -0.3 is 10.4 Å². The van der Waals surface area contributed by atoms with Crippen molar-refractivity contribution in [3.8, 4) is 0 Å². The average molecular weight is 296 g/mol. The van der Waals surface area contributed by atoms with Gasteiger partial charge in [-0.1, -0.05) is 6.92 Å². The van der Waals surface area contributed by atoms with Crippen molar-refractivity contribution >= 4 is 23.6 Å². The maximum atomic E-state index is 12.0. The zero-order valence-corrected chi connectivity index (χ0v) is 12.6. The highest BCUT2D eigenvalue weighted by atomic mass is 32.2. The molecule has 0 radical (unpaired) electrons. The number of rotatable bonds is 8. The van der Waals surface area contributed by atoms with Gasteiger partial charge in [0.15, 0.2) is 0 Å². The van der Waals surface area contributed by atoms with Crippen LogP contribution in [0, 0.1) is 5.92 Å². The van der Waals surface area contributed by atoms with Crippen molar-refractivity contribution in [3.63, 3.8) is 0 Å². The third-order valence-electron chi connectivity index (χ3n) is 2.98. The van der Waals surface area contributed by atoms with E-state index in [1.54, 1.807) is 18.3 Å². The maximum Gasteiger partial charge on any atom is 0.303 e. The van der Waals surface area contributed by atoms with Gasteiger partial charge in [0.25, 0.3) is 5.91 Å². The lowest BCUT2D eigenvalue weighted by Gasteiger charge is -2.11. The number of nitrogens with one attached hydrogen (secondary N) is 1. The quantitative estimate of drug-likeness (QED) is 0.720. The molecule has 1 rings (SSSR count). The SMILES string of the molecule is CSc1ncccc1C(=O)NCCC(C)CCC(=O)O. The summed E-state index contributed by atoms with van der Waals surface area (Å²) in [5.41, 5.74) is 0.582. The Balaban J connectivity index is 2.38. The van der Waals surface area contributed by atoms with E-state index in [9.17, 15) is 9.59 Å². The summed E-state index contributed by atoms with van der Waals surface area (Å²) in [4.78, 5) is 26.6. The topological polar surface area (TPSA) is 79.3 Å². The highest BCUT2D eigenvalue weighted by Gasteiger charge is 2.11. The molecular weight excluding hydrogens is 276 g/mol. The van der Waals surface area contributed by atoms with Gasteiger partial charge in [0.05, 0.1) is 5.56 Å². The zero-order chi connectivity index (χ0) is 15.0. The molecule has 1 unspecified atom stereocenters. The Morgan fingerprint density at radius 3 is 2.85 bits per heavy atom. The van der Waals surface area contributed by atoms with Gasteiger partial charge in [-0.15, -0.1) is 11.8 Å². The predicted octanol–water partition coefficient (Wildman–Crippen LogP) is 2.42. The van der Waals surface area contributed by atoms with Gasteiger partial charge in [-0.2, -0.15) is 0 Å². The molecule has 0 saturated carbocycles. The first-order valence-electron chi connectivity index (χ1n) is 6.53. The lowest BCUT2D eigenvalue weighted by Crippen LogP contribution is -2.26. The lowest BCUT2D eigenvalue weighted by molar-refractivity contribution is -0.137. The maximum absolute atomic E-state index is 12.0. The number of aromatic nitrogens is 1. The number of hydrogen-bond acceptors (Lipinski definition) is 4. The molecule has 6 heteroatoms. The van der Waals surface area contributed by atoms with Crippen LogP contribution in [-0.2, 0) is 4.79 Å². The Labute approximate surface area is 123 Å². The normalized spacial score (nSPS) is 11.9. The summed E-state index contributed by atoms with van der Waals surface area (Å²) in [6.07, 6.45) is 5.13. The molecule has 0 aliphatic carbocycles. The first kappa shape index (κ1) is 16.5. The molecule has 0 fully saturated rings. The lowest BCUT2D eigenvalue weighted by atomic mass is 10.0. The van der Waals surface area contributed by atoms with E-state index >= 15 is 0 Å². The van der Waals surface area contributed by atoms with Crippen LogP contribution in [0.5, 0.6) is 0 Å². The molecule has 2 N–H and O–H groups in total. The van der Waals surface area contributed by atoms with Gasteiger partial charge in [0.2, 0.25) is 0 Å². The van der Waals surface area contributed by atoms with Gasteiger partial charge >= 0.3 is 5.97 Å². The van der Waals surface area contributed by atoms with Crippen molar-refractivity contribution in [2.75, 3.05) is 12.8 Å². The number of nitrogens with zero attached hydrogens (tertiary/aromatic N) is 1. The van der Waals surface area contributed by atoms with Crippen LogP contribution in [0.2, 0.25) is 0 Å². The molecular formula is C14H20N2O3S. The van der Waals surface area contributed by atoms with Crippen molar-refractivity contribution < 1.29 is 14.7 Å². The minimum absolute atomic E-state index is 0.132. The number of carboxylic acids is 1. The van der Waals surface area contributed by atoms with Gasteiger partial charge in [-0.25, -0.2) is 4.98 Å². The second-order valence-corrected chi connectivity index (χ2v) is 5.44. The smallest absolute Gasteiger partial charge is 0.303 e. The van der Waals surface area contributed by atoms with Gasteiger partial charge in [0.1, 0.15) is 5.03 Å². The number of hydrogen-bond donors (Lipinski definition) is 2. The summed E-state index contributed by atoms with van der Waals surface area (Å²) in [5.74, 6) is -0.630. The van der Waals surface area contributed by atoms with E-state index < -0.39 is 5.97 Å². The molecule has 0 saturated heterocycles. The van der Waals surface area contributed by atoms with Crippen LogP contribution in [0.15, 0.2) is 23.4 Å². The molecule has 1 aromatic rings. The van der Waals surface area contributed by atoms with Crippen molar-refractivity contribution in [2.45, 2.75) is 31.2 Å². The first-order valence-corrected chi connectivity index (χ1v) is 7.76. The number of thioether (sulfide) groups is 1. The number of amides is 1. The van der Waals surface area contributed by atoms with Crippen molar-refractivity contribution in [2.24, 2.45) is 5.92 Å². The summed E-state index contributed by atoms with van der Waals surface area (Å²) in [5, 5.41) is 12.2. The van der Waals surface area contributed by atoms with Crippen molar-refractivity contribution in [1.29, 1.82) is 0 Å². The van der Waals surface area contributed by atoms with Crippen molar-refractivity contribution in [1.82, 2.24) is 10.3 Å². The minimum Gasteiger partial charge on any atom is -0.481 e. The average Bonchev–Trinajstić information content (AvgIpc) is 2.44. The van der Waals surface area contributed by atoms with E-state index in [1.165, 1.54) is 11.8 Å². The van der Waals surface area contributed by atoms with Crippen LogP contribution in [0.1, 0.15) is 36.5 Å². The Morgan fingerprint density at radius 1 is 1.45 bits per heavy atom. The van der Waals surface area contributed by atoms with Crippen LogP contribution in [0.25, 0.3) is 0 Å². The molecule has 0 aliphatic heterocycles. The molecule has 0 aliphatic rings. The molecule has 110 valence electrons. The molecule has 0 spiro atoms. The van der Waals surface area contributed by atoms with E-state index in [-0.39, 0.29) is 18.2 Å². The fourth-order valence-electron chi connectivity index (χ4n) is 1.77. The van der Waals surface area contributed by atoms with E-state index in [1.807, 2.05) is 13.2 Å². The summed E-state index contributed by atoms with van der Waals surface area (Å²) >= 11 is 1.44. The predicted molar refractivity (Wildman–Crippen MR) is 79.0 cm³/mol. The largest absolute Gasteiger partial charge is 0.481 e.